The Morgan fingerprint density at radius 1 is 1.19 bits per heavy atom. The van der Waals surface area contributed by atoms with Gasteiger partial charge in [-0.15, -0.1) is 0 Å². The summed E-state index contributed by atoms with van der Waals surface area (Å²) in [6, 6.07) is 0. The van der Waals surface area contributed by atoms with E-state index in [0.29, 0.717) is 6.42 Å². The molecule has 3 rings (SSSR count). The minimum Gasteiger partial charge on any atom is -0.465 e. The molecule has 6 nitrogen and oxygen atoms in total. The van der Waals surface area contributed by atoms with Gasteiger partial charge >= 0.3 is 5.97 Å². The third-order valence-corrected chi connectivity index (χ3v) is 6.68. The zero-order valence-electron chi connectivity index (χ0n) is 12.5. The number of rotatable bonds is 0. The van der Waals surface area contributed by atoms with Crippen molar-refractivity contribution in [3.63, 3.8) is 0 Å². The van der Waals surface area contributed by atoms with Crippen LogP contribution in [0.1, 0.15) is 40.0 Å². The molecule has 0 aromatic rings. The number of carbonyl (C=O) groups excluding carboxylic acids is 2. The van der Waals surface area contributed by atoms with E-state index in [2.05, 4.69) is 0 Å². The summed E-state index contributed by atoms with van der Waals surface area (Å²) in [4.78, 5) is 24.5. The normalized spacial score (nSPS) is 56.7. The number of carbonyl (C=O) groups is 2. The minimum absolute atomic E-state index is 0.112. The van der Waals surface area contributed by atoms with Crippen LogP contribution in [-0.4, -0.2) is 51.0 Å². The van der Waals surface area contributed by atoms with Gasteiger partial charge in [0.2, 0.25) is 0 Å². The lowest BCUT2D eigenvalue weighted by Gasteiger charge is -2.60. The Morgan fingerprint density at radius 2 is 1.81 bits per heavy atom. The molecule has 2 saturated carbocycles. The van der Waals surface area contributed by atoms with Gasteiger partial charge in [0, 0.05) is 11.8 Å². The topological polar surface area (TPSA) is 104 Å². The molecule has 1 heterocycles. The molecule has 0 aromatic carbocycles. The van der Waals surface area contributed by atoms with Gasteiger partial charge in [0.15, 0.2) is 5.78 Å². The fraction of sp³-hybridized carbons (Fsp3) is 0.867. The number of aliphatic hydroxyl groups excluding tert-OH is 1. The molecule has 0 aromatic heterocycles. The Kier molecular flexibility index (Phi) is 2.74. The Bertz CT molecular complexity index is 528. The number of ether oxygens (including phenoxy) is 1. The van der Waals surface area contributed by atoms with E-state index < -0.39 is 39.9 Å². The van der Waals surface area contributed by atoms with Crippen molar-refractivity contribution in [3.8, 4) is 0 Å². The number of hydrogen-bond donors (Lipinski definition) is 3. The van der Waals surface area contributed by atoms with E-state index in [0.717, 1.165) is 0 Å². The highest BCUT2D eigenvalue weighted by Crippen LogP contribution is 2.68. The third-order valence-electron chi connectivity index (χ3n) is 6.68. The van der Waals surface area contributed by atoms with Crippen molar-refractivity contribution in [2.45, 2.75) is 57.3 Å². The van der Waals surface area contributed by atoms with Gasteiger partial charge in [0.25, 0.3) is 0 Å². The van der Waals surface area contributed by atoms with E-state index in [1.807, 2.05) is 6.92 Å². The molecular weight excluding hydrogens is 276 g/mol. The van der Waals surface area contributed by atoms with Crippen molar-refractivity contribution >= 4 is 11.8 Å². The first-order valence-electron chi connectivity index (χ1n) is 7.35. The van der Waals surface area contributed by atoms with Crippen LogP contribution in [0.2, 0.25) is 0 Å². The van der Waals surface area contributed by atoms with Crippen LogP contribution in [0.15, 0.2) is 0 Å². The van der Waals surface area contributed by atoms with E-state index in [-0.39, 0.29) is 25.4 Å². The van der Waals surface area contributed by atoms with Crippen LogP contribution >= 0.6 is 0 Å². The van der Waals surface area contributed by atoms with Crippen LogP contribution in [0.4, 0.5) is 0 Å². The van der Waals surface area contributed by atoms with E-state index in [1.165, 1.54) is 13.8 Å². The maximum absolute atomic E-state index is 12.5. The number of ketones is 1. The summed E-state index contributed by atoms with van der Waals surface area (Å²) in [6.45, 7) is 4.41. The van der Waals surface area contributed by atoms with Crippen LogP contribution in [0.3, 0.4) is 0 Å². The first kappa shape index (κ1) is 14.9. The van der Waals surface area contributed by atoms with Crippen LogP contribution in [0.5, 0.6) is 0 Å². The zero-order chi connectivity index (χ0) is 15.8. The summed E-state index contributed by atoms with van der Waals surface area (Å²) < 4.78 is 5.17. The van der Waals surface area contributed by atoms with Crippen molar-refractivity contribution in [2.24, 2.45) is 16.7 Å². The highest BCUT2D eigenvalue weighted by atomic mass is 16.5. The average molecular weight is 298 g/mol. The molecule has 3 fully saturated rings. The maximum atomic E-state index is 12.5. The molecule has 6 atom stereocenters. The Morgan fingerprint density at radius 3 is 2.43 bits per heavy atom. The monoisotopic (exact) mass is 298 g/mol. The summed E-state index contributed by atoms with van der Waals surface area (Å²) in [6.07, 6.45) is -1.05. The number of esters is 1. The first-order valence-corrected chi connectivity index (χ1v) is 7.35. The maximum Gasteiger partial charge on any atom is 0.306 e. The second-order valence-corrected chi connectivity index (χ2v) is 7.42. The Labute approximate surface area is 123 Å². The molecular formula is C15H22O6. The second-order valence-electron chi connectivity index (χ2n) is 7.42. The van der Waals surface area contributed by atoms with Gasteiger partial charge in [-0.3, -0.25) is 9.59 Å². The van der Waals surface area contributed by atoms with Gasteiger partial charge in [0.05, 0.1) is 17.9 Å². The fourth-order valence-corrected chi connectivity index (χ4v) is 4.96. The molecule has 2 aliphatic carbocycles. The van der Waals surface area contributed by atoms with Crippen molar-refractivity contribution < 1.29 is 29.6 Å². The zero-order valence-corrected chi connectivity index (χ0v) is 12.5. The lowest BCUT2D eigenvalue weighted by molar-refractivity contribution is -0.272. The summed E-state index contributed by atoms with van der Waals surface area (Å²) in [5.74, 6) is -1.12. The molecule has 1 aliphatic heterocycles. The van der Waals surface area contributed by atoms with Gasteiger partial charge in [-0.1, -0.05) is 13.8 Å². The SMILES string of the molecule is C[C@H]1C[C@@H](O)[C@]2(O)[C@]13CC(=O)OC[C@]2(C)[C@@](C)(O)C(=O)C3. The van der Waals surface area contributed by atoms with Crippen molar-refractivity contribution in [1.82, 2.24) is 0 Å². The molecule has 3 aliphatic rings. The molecule has 6 heteroatoms. The summed E-state index contributed by atoms with van der Waals surface area (Å²) >= 11 is 0. The molecule has 2 bridgehead atoms. The lowest BCUT2D eigenvalue weighted by Crippen LogP contribution is -2.75. The fourth-order valence-electron chi connectivity index (χ4n) is 4.96. The molecule has 3 N–H and O–H groups in total. The number of aliphatic hydroxyl groups is 3. The van der Waals surface area contributed by atoms with Crippen molar-refractivity contribution in [2.75, 3.05) is 6.61 Å². The molecule has 21 heavy (non-hydrogen) atoms. The van der Waals surface area contributed by atoms with Crippen LogP contribution < -0.4 is 0 Å². The second kappa shape index (κ2) is 3.86. The molecule has 118 valence electrons. The predicted octanol–water partition coefficient (Wildman–Crippen LogP) is -0.218. The first-order chi connectivity index (χ1) is 9.53. The Hall–Kier alpha value is -0.980. The molecule has 0 spiro atoms. The summed E-state index contributed by atoms with van der Waals surface area (Å²) in [5, 5.41) is 32.7. The molecule has 1 saturated heterocycles. The van der Waals surface area contributed by atoms with Crippen LogP contribution in [0, 0.1) is 16.7 Å². The quantitative estimate of drug-likeness (QED) is 0.534. The van der Waals surface area contributed by atoms with Crippen molar-refractivity contribution in [3.05, 3.63) is 0 Å². The Balaban J connectivity index is 2.32. The minimum atomic E-state index is -1.86. The van der Waals surface area contributed by atoms with E-state index in [4.69, 9.17) is 4.74 Å². The van der Waals surface area contributed by atoms with Crippen molar-refractivity contribution in [1.29, 1.82) is 0 Å². The highest BCUT2D eigenvalue weighted by molar-refractivity contribution is 5.91. The van der Waals surface area contributed by atoms with Gasteiger partial charge in [-0.25, -0.2) is 0 Å². The smallest absolute Gasteiger partial charge is 0.306 e. The molecule has 0 amide bonds. The van der Waals surface area contributed by atoms with E-state index >= 15 is 0 Å². The lowest BCUT2D eigenvalue weighted by atomic mass is 9.46. The average Bonchev–Trinajstić information content (AvgIpc) is 2.52. The number of cyclic esters (lactones) is 1. The van der Waals surface area contributed by atoms with Gasteiger partial charge in [-0.05, 0) is 19.3 Å². The van der Waals surface area contributed by atoms with E-state index in [1.54, 1.807) is 0 Å². The van der Waals surface area contributed by atoms with Gasteiger partial charge < -0.3 is 20.1 Å². The van der Waals surface area contributed by atoms with Gasteiger partial charge in [-0.2, -0.15) is 0 Å². The largest absolute Gasteiger partial charge is 0.465 e. The predicted molar refractivity (Wildman–Crippen MR) is 71.1 cm³/mol. The van der Waals surface area contributed by atoms with E-state index in [9.17, 15) is 24.9 Å². The third kappa shape index (κ3) is 1.34. The molecule has 0 unspecified atom stereocenters. The highest BCUT2D eigenvalue weighted by Gasteiger charge is 2.80. The standard InChI is InChI=1S/C15H22O6/c1-8-4-9(16)15(20)12(2)7-21-11(18)6-14(8,15)5-10(17)13(12,3)19/h8-9,16,19-20H,4-7H2,1-3H3/t8-,9+,12+,13-,14+,15+/m0/s1. The summed E-state index contributed by atoms with van der Waals surface area (Å²) in [7, 11) is 0. The van der Waals surface area contributed by atoms with Crippen LogP contribution in [-0.2, 0) is 14.3 Å². The molecule has 0 radical (unpaired) electrons. The van der Waals surface area contributed by atoms with Gasteiger partial charge in [0.1, 0.15) is 17.8 Å². The summed E-state index contributed by atoms with van der Waals surface area (Å²) in [5.41, 5.74) is -6.11. The number of Topliss-reactive ketones (excluding diaryl/α,β-unsaturated/α-hetero) is 1. The van der Waals surface area contributed by atoms with Crippen LogP contribution in [0.25, 0.3) is 0 Å². The number of hydrogen-bond acceptors (Lipinski definition) is 6.